The predicted molar refractivity (Wildman–Crippen MR) is 65.0 cm³/mol. The van der Waals surface area contributed by atoms with E-state index in [2.05, 4.69) is 17.4 Å². The molecule has 2 fully saturated rings. The molecule has 17 heavy (non-hydrogen) atoms. The van der Waals surface area contributed by atoms with E-state index in [9.17, 15) is 4.79 Å². The quantitative estimate of drug-likeness (QED) is 0.822. The molecule has 0 aliphatic heterocycles. The largest absolute Gasteiger partial charge is 0.465 e. The third-order valence-electron chi connectivity index (χ3n) is 4.29. The van der Waals surface area contributed by atoms with Gasteiger partial charge in [-0.1, -0.05) is 30.3 Å². The summed E-state index contributed by atoms with van der Waals surface area (Å²) in [7, 11) is 0. The summed E-state index contributed by atoms with van der Waals surface area (Å²) in [6.07, 6.45) is 3.80. The lowest BCUT2D eigenvalue weighted by Crippen LogP contribution is -2.35. The van der Waals surface area contributed by atoms with Crippen LogP contribution < -0.4 is 5.32 Å². The van der Waals surface area contributed by atoms with Crippen molar-refractivity contribution in [3.63, 3.8) is 0 Å². The Bertz CT molecular complexity index is 425. The Labute approximate surface area is 101 Å². The van der Waals surface area contributed by atoms with Crippen molar-refractivity contribution in [2.75, 3.05) is 0 Å². The molecule has 3 nitrogen and oxygen atoms in total. The Balaban J connectivity index is 1.83. The van der Waals surface area contributed by atoms with Crippen LogP contribution in [-0.2, 0) is 0 Å². The monoisotopic (exact) mass is 231 g/mol. The summed E-state index contributed by atoms with van der Waals surface area (Å²) in [4.78, 5) is 10.9. The Morgan fingerprint density at radius 2 is 1.94 bits per heavy atom. The van der Waals surface area contributed by atoms with E-state index in [1.807, 2.05) is 18.2 Å². The molecule has 3 rings (SSSR count). The van der Waals surface area contributed by atoms with E-state index in [1.165, 1.54) is 18.4 Å². The maximum atomic E-state index is 10.9. The number of carbonyl (C=O) groups is 1. The van der Waals surface area contributed by atoms with Gasteiger partial charge in [0.15, 0.2) is 0 Å². The van der Waals surface area contributed by atoms with Crippen LogP contribution in [0.2, 0.25) is 0 Å². The van der Waals surface area contributed by atoms with Gasteiger partial charge in [0, 0.05) is 12.0 Å². The average molecular weight is 231 g/mol. The molecule has 1 unspecified atom stereocenters. The predicted octanol–water partition coefficient (Wildman–Crippen LogP) is 2.98. The molecule has 3 heteroatoms. The SMILES string of the molecule is O=C(O)NC1CC2(CC2)C[C@H]1c1ccccc1. The van der Waals surface area contributed by atoms with Gasteiger partial charge in [0.1, 0.15) is 0 Å². The number of benzene rings is 1. The summed E-state index contributed by atoms with van der Waals surface area (Å²) in [6, 6.07) is 10.4. The zero-order valence-corrected chi connectivity index (χ0v) is 9.73. The highest BCUT2D eigenvalue weighted by molar-refractivity contribution is 5.65. The molecule has 1 aromatic carbocycles. The number of nitrogens with one attached hydrogen (secondary N) is 1. The average Bonchev–Trinajstić information content (AvgIpc) is 2.96. The Hall–Kier alpha value is -1.51. The van der Waals surface area contributed by atoms with Crippen LogP contribution in [0.1, 0.15) is 37.2 Å². The fourth-order valence-electron chi connectivity index (χ4n) is 3.25. The second kappa shape index (κ2) is 3.76. The summed E-state index contributed by atoms with van der Waals surface area (Å²) in [6.45, 7) is 0. The maximum Gasteiger partial charge on any atom is 0.404 e. The van der Waals surface area contributed by atoms with Crippen molar-refractivity contribution in [2.45, 2.75) is 37.6 Å². The van der Waals surface area contributed by atoms with Crippen LogP contribution in [0.5, 0.6) is 0 Å². The fourth-order valence-corrected chi connectivity index (χ4v) is 3.25. The van der Waals surface area contributed by atoms with Crippen LogP contribution >= 0.6 is 0 Å². The second-order valence-corrected chi connectivity index (χ2v) is 5.48. The van der Waals surface area contributed by atoms with E-state index in [4.69, 9.17) is 5.11 Å². The fraction of sp³-hybridized carbons (Fsp3) is 0.500. The van der Waals surface area contributed by atoms with E-state index in [-0.39, 0.29) is 6.04 Å². The highest BCUT2D eigenvalue weighted by Crippen LogP contribution is 2.61. The van der Waals surface area contributed by atoms with E-state index in [0.29, 0.717) is 11.3 Å². The zero-order valence-electron chi connectivity index (χ0n) is 9.73. The van der Waals surface area contributed by atoms with Crippen LogP contribution in [-0.4, -0.2) is 17.2 Å². The minimum Gasteiger partial charge on any atom is -0.465 e. The van der Waals surface area contributed by atoms with Gasteiger partial charge in [-0.05, 0) is 36.7 Å². The lowest BCUT2D eigenvalue weighted by Gasteiger charge is -2.19. The first kappa shape index (κ1) is 10.6. The van der Waals surface area contributed by atoms with Crippen LogP contribution in [0.25, 0.3) is 0 Å². The molecule has 0 bridgehead atoms. The molecule has 0 heterocycles. The maximum absolute atomic E-state index is 10.9. The van der Waals surface area contributed by atoms with Crippen LogP contribution in [0.15, 0.2) is 30.3 Å². The first-order valence-electron chi connectivity index (χ1n) is 6.23. The third kappa shape index (κ3) is 2.02. The van der Waals surface area contributed by atoms with E-state index in [0.717, 1.165) is 12.8 Å². The summed E-state index contributed by atoms with van der Waals surface area (Å²) in [5.41, 5.74) is 1.73. The van der Waals surface area contributed by atoms with Crippen molar-refractivity contribution in [1.82, 2.24) is 5.32 Å². The van der Waals surface area contributed by atoms with Crippen molar-refractivity contribution in [3.05, 3.63) is 35.9 Å². The van der Waals surface area contributed by atoms with E-state index in [1.54, 1.807) is 0 Å². The van der Waals surface area contributed by atoms with Gasteiger partial charge in [-0.3, -0.25) is 0 Å². The van der Waals surface area contributed by atoms with Gasteiger partial charge in [-0.15, -0.1) is 0 Å². The highest BCUT2D eigenvalue weighted by atomic mass is 16.4. The molecule has 2 saturated carbocycles. The molecule has 0 aromatic heterocycles. The highest BCUT2D eigenvalue weighted by Gasteiger charge is 2.53. The van der Waals surface area contributed by atoms with Gasteiger partial charge in [0.05, 0.1) is 0 Å². The van der Waals surface area contributed by atoms with E-state index >= 15 is 0 Å². The number of hydrogen-bond acceptors (Lipinski definition) is 1. The normalized spacial score (nSPS) is 29.2. The number of rotatable bonds is 2. The van der Waals surface area contributed by atoms with Crippen molar-refractivity contribution in [2.24, 2.45) is 5.41 Å². The molecule has 1 aromatic rings. The number of hydrogen-bond donors (Lipinski definition) is 2. The minimum atomic E-state index is -0.895. The Morgan fingerprint density at radius 1 is 1.24 bits per heavy atom. The Morgan fingerprint density at radius 3 is 2.53 bits per heavy atom. The van der Waals surface area contributed by atoms with Crippen molar-refractivity contribution >= 4 is 6.09 Å². The standard InChI is InChI=1S/C14H17NO2/c16-13(17)15-12-9-14(6-7-14)8-11(12)10-4-2-1-3-5-10/h1-5,11-12,15H,6-9H2,(H,16,17)/t11-,12?/m0/s1. The topological polar surface area (TPSA) is 49.3 Å². The Kier molecular flexibility index (Phi) is 2.35. The molecule has 0 radical (unpaired) electrons. The van der Waals surface area contributed by atoms with Gasteiger partial charge >= 0.3 is 6.09 Å². The first-order valence-corrected chi connectivity index (χ1v) is 6.23. The van der Waals surface area contributed by atoms with Gasteiger partial charge in [-0.25, -0.2) is 4.79 Å². The third-order valence-corrected chi connectivity index (χ3v) is 4.29. The van der Waals surface area contributed by atoms with Crippen molar-refractivity contribution in [1.29, 1.82) is 0 Å². The summed E-state index contributed by atoms with van der Waals surface area (Å²) >= 11 is 0. The number of carboxylic acid groups (broad SMARTS) is 1. The van der Waals surface area contributed by atoms with Crippen molar-refractivity contribution < 1.29 is 9.90 Å². The smallest absolute Gasteiger partial charge is 0.404 e. The van der Waals surface area contributed by atoms with Gasteiger partial charge in [0.2, 0.25) is 0 Å². The summed E-state index contributed by atoms with van der Waals surface area (Å²) in [5, 5.41) is 11.6. The molecule has 2 atom stereocenters. The molecular formula is C14H17NO2. The van der Waals surface area contributed by atoms with Gasteiger partial charge in [-0.2, -0.15) is 0 Å². The lowest BCUT2D eigenvalue weighted by atomic mass is 9.93. The summed E-state index contributed by atoms with van der Waals surface area (Å²) in [5.74, 6) is 0.356. The minimum absolute atomic E-state index is 0.0948. The molecule has 0 saturated heterocycles. The molecule has 2 aliphatic carbocycles. The van der Waals surface area contributed by atoms with Crippen molar-refractivity contribution in [3.8, 4) is 0 Å². The summed E-state index contributed by atoms with van der Waals surface area (Å²) < 4.78 is 0. The number of amides is 1. The van der Waals surface area contributed by atoms with Crippen LogP contribution in [0, 0.1) is 5.41 Å². The molecular weight excluding hydrogens is 214 g/mol. The molecule has 2 aliphatic rings. The molecule has 90 valence electrons. The molecule has 1 spiro atoms. The van der Waals surface area contributed by atoms with Gasteiger partial charge in [0.25, 0.3) is 0 Å². The van der Waals surface area contributed by atoms with Crippen LogP contribution in [0.4, 0.5) is 4.79 Å². The lowest BCUT2D eigenvalue weighted by molar-refractivity contribution is 0.188. The first-order chi connectivity index (χ1) is 8.19. The van der Waals surface area contributed by atoms with Gasteiger partial charge < -0.3 is 10.4 Å². The van der Waals surface area contributed by atoms with E-state index < -0.39 is 6.09 Å². The van der Waals surface area contributed by atoms with Crippen LogP contribution in [0.3, 0.4) is 0 Å². The molecule has 2 N–H and O–H groups in total. The molecule has 1 amide bonds. The zero-order chi connectivity index (χ0) is 11.9. The second-order valence-electron chi connectivity index (χ2n) is 5.48.